The van der Waals surface area contributed by atoms with E-state index in [1.54, 1.807) is 11.8 Å². The van der Waals surface area contributed by atoms with Gasteiger partial charge in [-0.2, -0.15) is 5.26 Å². The second-order valence-corrected chi connectivity index (χ2v) is 8.28. The van der Waals surface area contributed by atoms with Gasteiger partial charge in [-0.1, -0.05) is 12.1 Å². The average Bonchev–Trinajstić information content (AvgIpc) is 3.38. The van der Waals surface area contributed by atoms with Crippen LogP contribution in [0.25, 0.3) is 33.5 Å². The summed E-state index contributed by atoms with van der Waals surface area (Å²) in [6, 6.07) is 13.5. The van der Waals surface area contributed by atoms with Gasteiger partial charge in [-0.15, -0.1) is 11.8 Å². The number of H-pyrrole nitrogens is 1. The van der Waals surface area contributed by atoms with E-state index in [1.807, 2.05) is 12.4 Å². The van der Waals surface area contributed by atoms with Crippen LogP contribution in [0.5, 0.6) is 0 Å². The summed E-state index contributed by atoms with van der Waals surface area (Å²) in [5.41, 5.74) is 4.10. The zero-order chi connectivity index (χ0) is 19.1. The van der Waals surface area contributed by atoms with Gasteiger partial charge < -0.3 is 9.55 Å². The van der Waals surface area contributed by atoms with Gasteiger partial charge >= 0.3 is 0 Å². The monoisotopic (exact) mass is 387 g/mol. The lowest BCUT2D eigenvalue weighted by Gasteiger charge is -2.28. The zero-order valence-electron chi connectivity index (χ0n) is 15.7. The molecule has 5 rings (SSSR count). The molecule has 0 radical (unpaired) electrons. The van der Waals surface area contributed by atoms with E-state index in [1.165, 1.54) is 4.90 Å². The molecule has 4 aromatic rings. The lowest BCUT2D eigenvalue weighted by atomic mass is 9.86. The molecule has 0 aliphatic heterocycles. The van der Waals surface area contributed by atoms with Gasteiger partial charge in [0.15, 0.2) is 0 Å². The van der Waals surface area contributed by atoms with E-state index in [0.29, 0.717) is 6.04 Å². The molecular weight excluding hydrogens is 366 g/mol. The molecule has 1 aliphatic rings. The van der Waals surface area contributed by atoms with Crippen molar-refractivity contribution >= 4 is 33.8 Å². The third-order valence-electron chi connectivity index (χ3n) is 5.83. The van der Waals surface area contributed by atoms with Crippen LogP contribution in [0.4, 0.5) is 0 Å². The molecule has 1 aromatic carbocycles. The first kappa shape index (κ1) is 17.3. The summed E-state index contributed by atoms with van der Waals surface area (Å²) < 4.78 is 2.41. The fourth-order valence-electron chi connectivity index (χ4n) is 4.35. The number of hydrogen-bond acceptors (Lipinski definition) is 4. The van der Waals surface area contributed by atoms with Crippen LogP contribution in [0.1, 0.15) is 31.7 Å². The first-order chi connectivity index (χ1) is 13.8. The van der Waals surface area contributed by atoms with Gasteiger partial charge in [-0.3, -0.25) is 0 Å². The van der Waals surface area contributed by atoms with E-state index in [-0.39, 0.29) is 5.92 Å². The lowest BCUT2D eigenvalue weighted by molar-refractivity contribution is 0.320. The van der Waals surface area contributed by atoms with Crippen molar-refractivity contribution in [1.29, 1.82) is 5.26 Å². The Kier molecular flexibility index (Phi) is 4.33. The molecular formula is C22H21N5S. The Bertz CT molecular complexity index is 1170. The van der Waals surface area contributed by atoms with E-state index in [2.05, 4.69) is 57.2 Å². The molecule has 0 spiro atoms. The molecule has 0 atom stereocenters. The normalized spacial score (nSPS) is 19.9. The Balaban J connectivity index is 1.71. The quantitative estimate of drug-likeness (QED) is 0.467. The van der Waals surface area contributed by atoms with E-state index in [9.17, 15) is 5.26 Å². The van der Waals surface area contributed by atoms with Crippen LogP contribution in [0.3, 0.4) is 0 Å². The summed E-state index contributed by atoms with van der Waals surface area (Å²) in [7, 11) is 0. The predicted molar refractivity (Wildman–Crippen MR) is 113 cm³/mol. The summed E-state index contributed by atoms with van der Waals surface area (Å²) in [6.45, 7) is 0. The average molecular weight is 388 g/mol. The minimum absolute atomic E-state index is 0.185. The SMILES string of the molecule is CSc1ccc(-c2nc3cnc4[nH]ccc4c3n2C2CCC(C#N)CC2)cc1. The topological polar surface area (TPSA) is 70.3 Å². The maximum atomic E-state index is 9.29. The van der Waals surface area contributed by atoms with Crippen molar-refractivity contribution in [2.45, 2.75) is 36.6 Å². The van der Waals surface area contributed by atoms with Gasteiger partial charge in [0.25, 0.3) is 0 Å². The number of imidazole rings is 1. The first-order valence-electron chi connectivity index (χ1n) is 9.66. The van der Waals surface area contributed by atoms with Gasteiger partial charge in [0.05, 0.1) is 17.8 Å². The van der Waals surface area contributed by atoms with Crippen LogP contribution in [-0.2, 0) is 0 Å². The fraction of sp³-hybridized carbons (Fsp3) is 0.318. The fourth-order valence-corrected chi connectivity index (χ4v) is 4.76. The van der Waals surface area contributed by atoms with Crippen LogP contribution in [0.15, 0.2) is 47.6 Å². The summed E-state index contributed by atoms with van der Waals surface area (Å²) in [5, 5.41) is 10.4. The zero-order valence-corrected chi connectivity index (χ0v) is 16.5. The molecule has 28 heavy (non-hydrogen) atoms. The number of benzene rings is 1. The minimum Gasteiger partial charge on any atom is -0.346 e. The van der Waals surface area contributed by atoms with E-state index < -0.39 is 0 Å². The van der Waals surface area contributed by atoms with Gasteiger partial charge in [0, 0.05) is 34.0 Å². The van der Waals surface area contributed by atoms with Crippen LogP contribution in [0, 0.1) is 17.2 Å². The van der Waals surface area contributed by atoms with Crippen molar-refractivity contribution < 1.29 is 0 Å². The highest BCUT2D eigenvalue weighted by atomic mass is 32.2. The number of hydrogen-bond donors (Lipinski definition) is 1. The van der Waals surface area contributed by atoms with Gasteiger partial charge in [0.2, 0.25) is 0 Å². The van der Waals surface area contributed by atoms with Crippen LogP contribution in [-0.4, -0.2) is 25.8 Å². The number of rotatable bonds is 3. The second kappa shape index (κ2) is 6.99. The van der Waals surface area contributed by atoms with Crippen molar-refractivity contribution in [3.8, 4) is 17.5 Å². The lowest BCUT2D eigenvalue weighted by Crippen LogP contribution is -2.18. The van der Waals surface area contributed by atoms with Crippen LogP contribution in [0.2, 0.25) is 0 Å². The Morgan fingerprint density at radius 3 is 2.64 bits per heavy atom. The standard InChI is InChI=1S/C22H21N5S/c1-28-17-8-4-15(5-9-17)22-26-19-13-25-21-18(10-11-24-21)20(19)27(22)16-6-2-14(12-23)3-7-16/h4-5,8-11,13-14,16H,2-3,6-7H2,1H3,(H,24,25). The van der Waals surface area contributed by atoms with E-state index in [0.717, 1.165) is 59.1 Å². The van der Waals surface area contributed by atoms with Gasteiger partial charge in [-0.25, -0.2) is 9.97 Å². The molecule has 1 aliphatic carbocycles. The highest BCUT2D eigenvalue weighted by Crippen LogP contribution is 2.39. The summed E-state index contributed by atoms with van der Waals surface area (Å²) >= 11 is 1.74. The molecule has 3 heterocycles. The molecule has 0 amide bonds. The number of aromatic nitrogens is 4. The number of nitrogens with one attached hydrogen (secondary N) is 1. The third-order valence-corrected chi connectivity index (χ3v) is 6.57. The van der Waals surface area contributed by atoms with E-state index >= 15 is 0 Å². The molecule has 0 bridgehead atoms. The molecule has 0 unspecified atom stereocenters. The van der Waals surface area contributed by atoms with E-state index in [4.69, 9.17) is 4.98 Å². The highest BCUT2D eigenvalue weighted by molar-refractivity contribution is 7.98. The molecule has 1 fully saturated rings. The summed E-state index contributed by atoms with van der Waals surface area (Å²) in [6.07, 6.45) is 9.81. The van der Waals surface area contributed by atoms with Crippen LogP contribution >= 0.6 is 11.8 Å². The number of nitrogens with zero attached hydrogens (tertiary/aromatic N) is 4. The van der Waals surface area contributed by atoms with Gasteiger partial charge in [-0.05, 0) is 50.1 Å². The van der Waals surface area contributed by atoms with Crippen molar-refractivity contribution in [2.75, 3.05) is 6.26 Å². The third kappa shape index (κ3) is 2.78. The number of thioether (sulfide) groups is 1. The number of aromatic amines is 1. The second-order valence-electron chi connectivity index (χ2n) is 7.40. The Labute approximate surface area is 167 Å². The largest absolute Gasteiger partial charge is 0.346 e. The maximum Gasteiger partial charge on any atom is 0.141 e. The number of nitriles is 1. The summed E-state index contributed by atoms with van der Waals surface area (Å²) in [4.78, 5) is 14.0. The predicted octanol–water partition coefficient (Wildman–Crippen LogP) is 5.56. The van der Waals surface area contributed by atoms with Crippen molar-refractivity contribution in [3.05, 3.63) is 42.7 Å². The van der Waals surface area contributed by atoms with Crippen molar-refractivity contribution in [1.82, 2.24) is 19.5 Å². The Morgan fingerprint density at radius 1 is 1.14 bits per heavy atom. The number of pyridine rings is 1. The highest BCUT2D eigenvalue weighted by Gasteiger charge is 2.27. The van der Waals surface area contributed by atoms with Crippen LogP contribution < -0.4 is 0 Å². The van der Waals surface area contributed by atoms with Crippen molar-refractivity contribution in [3.63, 3.8) is 0 Å². The molecule has 0 saturated heterocycles. The molecule has 140 valence electrons. The first-order valence-corrected chi connectivity index (χ1v) is 10.9. The molecule has 1 N–H and O–H groups in total. The minimum atomic E-state index is 0.185. The Hall–Kier alpha value is -2.78. The van der Waals surface area contributed by atoms with Crippen molar-refractivity contribution in [2.24, 2.45) is 5.92 Å². The molecule has 5 nitrogen and oxygen atoms in total. The summed E-state index contributed by atoms with van der Waals surface area (Å²) in [5.74, 6) is 1.18. The smallest absolute Gasteiger partial charge is 0.141 e. The van der Waals surface area contributed by atoms with Gasteiger partial charge in [0.1, 0.15) is 17.0 Å². The number of fused-ring (bicyclic) bond motifs is 3. The molecule has 1 saturated carbocycles. The Morgan fingerprint density at radius 2 is 1.93 bits per heavy atom. The molecule has 6 heteroatoms. The maximum absolute atomic E-state index is 9.29. The molecule has 3 aromatic heterocycles.